The summed E-state index contributed by atoms with van der Waals surface area (Å²) in [5.41, 5.74) is 0. The van der Waals surface area contributed by atoms with Crippen LogP contribution in [0, 0.1) is 0 Å². The Balaban J connectivity index is 0.00000162. The first-order valence-electron chi connectivity index (χ1n) is 5.48. The standard InChI is InChI=1S/C11H15BrN2O2S.ClH/c1-7-6-13-3-4-14(7)11(15)9-5-8(16-2)10(12)17-9;/h5,7,13H,3-4,6H2,1-2H3;1H. The number of piperazine rings is 1. The Labute approximate surface area is 125 Å². The Hall–Kier alpha value is -0.300. The number of amides is 1. The van der Waals surface area contributed by atoms with Gasteiger partial charge in [0, 0.05) is 31.7 Å². The lowest BCUT2D eigenvalue weighted by molar-refractivity contribution is 0.0660. The Bertz CT molecular complexity index is 427. The molecular formula is C11H16BrClN2O2S. The normalized spacial score (nSPS) is 19.3. The van der Waals surface area contributed by atoms with Gasteiger partial charge in [-0.25, -0.2) is 0 Å². The summed E-state index contributed by atoms with van der Waals surface area (Å²) in [7, 11) is 1.61. The van der Waals surface area contributed by atoms with E-state index in [1.165, 1.54) is 11.3 Å². The monoisotopic (exact) mass is 354 g/mol. The first-order chi connectivity index (χ1) is 8.13. The summed E-state index contributed by atoms with van der Waals surface area (Å²) in [5, 5.41) is 3.27. The number of hydrogen-bond acceptors (Lipinski definition) is 4. The van der Waals surface area contributed by atoms with Crippen LogP contribution in [0.15, 0.2) is 9.85 Å². The molecule has 1 aromatic rings. The molecule has 1 aliphatic rings. The summed E-state index contributed by atoms with van der Waals surface area (Å²) < 4.78 is 6.04. The molecule has 1 saturated heterocycles. The molecule has 0 radical (unpaired) electrons. The molecule has 102 valence electrons. The molecule has 1 aromatic heterocycles. The molecule has 4 nitrogen and oxygen atoms in total. The average Bonchev–Trinajstić information content (AvgIpc) is 2.70. The number of thiophene rings is 1. The second-order valence-electron chi connectivity index (χ2n) is 4.00. The average molecular weight is 356 g/mol. The van der Waals surface area contributed by atoms with Crippen molar-refractivity contribution < 1.29 is 9.53 Å². The number of nitrogens with one attached hydrogen (secondary N) is 1. The maximum atomic E-state index is 12.3. The van der Waals surface area contributed by atoms with Gasteiger partial charge >= 0.3 is 0 Å². The molecule has 0 aliphatic carbocycles. The van der Waals surface area contributed by atoms with Crippen molar-refractivity contribution in [3.05, 3.63) is 14.7 Å². The molecule has 7 heteroatoms. The van der Waals surface area contributed by atoms with E-state index in [4.69, 9.17) is 4.74 Å². The molecule has 1 fully saturated rings. The number of halogens is 2. The van der Waals surface area contributed by atoms with Crippen LogP contribution in [-0.2, 0) is 0 Å². The van der Waals surface area contributed by atoms with Crippen molar-refractivity contribution in [2.45, 2.75) is 13.0 Å². The Morgan fingerprint density at radius 2 is 2.39 bits per heavy atom. The van der Waals surface area contributed by atoms with Crippen LogP contribution in [0.5, 0.6) is 5.75 Å². The molecule has 1 aliphatic heterocycles. The summed E-state index contributed by atoms with van der Waals surface area (Å²) >= 11 is 4.82. The third kappa shape index (κ3) is 3.17. The topological polar surface area (TPSA) is 41.6 Å². The summed E-state index contributed by atoms with van der Waals surface area (Å²) in [6, 6.07) is 2.04. The van der Waals surface area contributed by atoms with Crippen LogP contribution in [0.1, 0.15) is 16.6 Å². The van der Waals surface area contributed by atoms with Crippen molar-refractivity contribution in [1.82, 2.24) is 10.2 Å². The quantitative estimate of drug-likeness (QED) is 0.885. The van der Waals surface area contributed by atoms with Gasteiger partial charge in [0.1, 0.15) is 9.54 Å². The lowest BCUT2D eigenvalue weighted by Crippen LogP contribution is -2.52. The summed E-state index contributed by atoms with van der Waals surface area (Å²) in [6.07, 6.45) is 0. The van der Waals surface area contributed by atoms with E-state index in [1.807, 2.05) is 4.90 Å². The van der Waals surface area contributed by atoms with Gasteiger partial charge in [0.05, 0.1) is 12.0 Å². The zero-order chi connectivity index (χ0) is 12.4. The fourth-order valence-corrected chi connectivity index (χ4v) is 3.49. The van der Waals surface area contributed by atoms with Gasteiger partial charge in [-0.1, -0.05) is 0 Å². The van der Waals surface area contributed by atoms with E-state index in [9.17, 15) is 4.79 Å². The molecule has 1 atom stereocenters. The van der Waals surface area contributed by atoms with Crippen molar-refractivity contribution in [3.8, 4) is 5.75 Å². The summed E-state index contributed by atoms with van der Waals surface area (Å²) in [6.45, 7) is 4.54. The minimum atomic E-state index is 0. The van der Waals surface area contributed by atoms with Gasteiger partial charge in [-0.3, -0.25) is 4.79 Å². The van der Waals surface area contributed by atoms with Crippen molar-refractivity contribution in [1.29, 1.82) is 0 Å². The predicted molar refractivity (Wildman–Crippen MR) is 79.2 cm³/mol. The number of rotatable bonds is 2. The number of ether oxygens (including phenoxy) is 1. The molecule has 0 bridgehead atoms. The maximum Gasteiger partial charge on any atom is 0.264 e. The molecule has 1 unspecified atom stereocenters. The number of nitrogens with zero attached hydrogens (tertiary/aromatic N) is 1. The van der Waals surface area contributed by atoms with Gasteiger partial charge in [0.25, 0.3) is 5.91 Å². The van der Waals surface area contributed by atoms with Crippen LogP contribution in [0.25, 0.3) is 0 Å². The first-order valence-corrected chi connectivity index (χ1v) is 7.09. The SMILES string of the molecule is COc1cc(C(=O)N2CCNCC2C)sc1Br.Cl. The van der Waals surface area contributed by atoms with Crippen molar-refractivity contribution in [2.24, 2.45) is 0 Å². The van der Waals surface area contributed by atoms with Crippen LogP contribution in [0.2, 0.25) is 0 Å². The largest absolute Gasteiger partial charge is 0.495 e. The van der Waals surface area contributed by atoms with E-state index < -0.39 is 0 Å². The van der Waals surface area contributed by atoms with Gasteiger partial charge in [-0.15, -0.1) is 23.7 Å². The molecular weight excluding hydrogens is 340 g/mol. The molecule has 0 aromatic carbocycles. The smallest absolute Gasteiger partial charge is 0.264 e. The number of hydrogen-bond donors (Lipinski definition) is 1. The van der Waals surface area contributed by atoms with Crippen molar-refractivity contribution in [3.63, 3.8) is 0 Å². The van der Waals surface area contributed by atoms with Crippen LogP contribution < -0.4 is 10.1 Å². The third-order valence-corrected chi connectivity index (χ3v) is 4.62. The van der Waals surface area contributed by atoms with Crippen LogP contribution in [0.3, 0.4) is 0 Å². The lowest BCUT2D eigenvalue weighted by Gasteiger charge is -2.33. The molecule has 1 amide bonds. The van der Waals surface area contributed by atoms with E-state index in [0.29, 0.717) is 0 Å². The molecule has 0 saturated carbocycles. The Morgan fingerprint density at radius 1 is 1.67 bits per heavy atom. The minimum Gasteiger partial charge on any atom is -0.495 e. The highest BCUT2D eigenvalue weighted by molar-refractivity contribution is 9.11. The highest BCUT2D eigenvalue weighted by Gasteiger charge is 2.26. The lowest BCUT2D eigenvalue weighted by atomic mass is 10.2. The van der Waals surface area contributed by atoms with E-state index in [0.717, 1.165) is 34.0 Å². The van der Waals surface area contributed by atoms with E-state index >= 15 is 0 Å². The van der Waals surface area contributed by atoms with Gasteiger partial charge in [0.2, 0.25) is 0 Å². The predicted octanol–water partition coefficient (Wildman–Crippen LogP) is 2.37. The molecule has 2 rings (SSSR count). The van der Waals surface area contributed by atoms with Crippen molar-refractivity contribution >= 4 is 45.6 Å². The molecule has 2 heterocycles. The number of carbonyl (C=O) groups excluding carboxylic acids is 1. The van der Waals surface area contributed by atoms with Crippen LogP contribution in [-0.4, -0.2) is 43.6 Å². The fourth-order valence-electron chi connectivity index (χ4n) is 1.88. The molecule has 18 heavy (non-hydrogen) atoms. The van der Waals surface area contributed by atoms with Gasteiger partial charge in [0.15, 0.2) is 0 Å². The second kappa shape index (κ2) is 6.75. The minimum absolute atomic E-state index is 0. The number of methoxy groups -OCH3 is 1. The van der Waals surface area contributed by atoms with Gasteiger partial charge in [-0.2, -0.15) is 0 Å². The summed E-state index contributed by atoms with van der Waals surface area (Å²) in [4.78, 5) is 15.0. The zero-order valence-electron chi connectivity index (χ0n) is 10.2. The highest BCUT2D eigenvalue weighted by Crippen LogP contribution is 2.35. The second-order valence-corrected chi connectivity index (χ2v) is 6.37. The Kier molecular flexibility index (Phi) is 5.91. The number of carbonyl (C=O) groups is 1. The first kappa shape index (κ1) is 15.8. The van der Waals surface area contributed by atoms with Gasteiger partial charge < -0.3 is 15.0 Å². The fraction of sp³-hybridized carbons (Fsp3) is 0.545. The maximum absolute atomic E-state index is 12.3. The Morgan fingerprint density at radius 3 is 2.94 bits per heavy atom. The molecule has 0 spiro atoms. The van der Waals surface area contributed by atoms with E-state index in [2.05, 4.69) is 28.2 Å². The zero-order valence-corrected chi connectivity index (χ0v) is 13.5. The van der Waals surface area contributed by atoms with Crippen LogP contribution >= 0.6 is 39.7 Å². The third-order valence-electron chi connectivity index (χ3n) is 2.85. The van der Waals surface area contributed by atoms with Crippen molar-refractivity contribution in [2.75, 3.05) is 26.7 Å². The van der Waals surface area contributed by atoms with E-state index in [1.54, 1.807) is 13.2 Å². The van der Waals surface area contributed by atoms with E-state index in [-0.39, 0.29) is 24.4 Å². The molecule has 1 N–H and O–H groups in total. The van der Waals surface area contributed by atoms with Gasteiger partial charge in [-0.05, 0) is 22.9 Å². The highest BCUT2D eigenvalue weighted by atomic mass is 79.9. The van der Waals surface area contributed by atoms with Crippen LogP contribution in [0.4, 0.5) is 0 Å². The summed E-state index contributed by atoms with van der Waals surface area (Å²) in [5.74, 6) is 0.814.